The van der Waals surface area contributed by atoms with Crippen molar-refractivity contribution in [2.45, 2.75) is 96.8 Å². The summed E-state index contributed by atoms with van der Waals surface area (Å²) in [5.74, 6) is -0.925. The van der Waals surface area contributed by atoms with Crippen LogP contribution in [-0.4, -0.2) is 43.9 Å². The van der Waals surface area contributed by atoms with E-state index in [-0.39, 0.29) is 30.5 Å². The maximum absolute atomic E-state index is 11.6. The van der Waals surface area contributed by atoms with E-state index in [9.17, 15) is 18.0 Å². The molecule has 7 nitrogen and oxygen atoms in total. The molecule has 1 N–H and O–H groups in total. The molecule has 0 aliphatic rings. The molecule has 0 saturated heterocycles. The first kappa shape index (κ1) is 26.9. The Morgan fingerprint density at radius 3 is 1.50 bits per heavy atom. The zero-order valence-corrected chi connectivity index (χ0v) is 18.1. The smallest absolute Gasteiger partial charge is 0.306 e. The molecular weight excluding hydrogens is 384 g/mol. The standard InChI is InChI=1S/C20H38O7S/c1-2-3-4-5-8-11-16-26-19(21)14-15-20(22)27-17-12-9-6-7-10-13-18-28(23,24)25/h2-18H2,1H3,(H,23,24,25). The van der Waals surface area contributed by atoms with Gasteiger partial charge in [-0.2, -0.15) is 8.42 Å². The van der Waals surface area contributed by atoms with Crippen molar-refractivity contribution in [1.82, 2.24) is 0 Å². The lowest BCUT2D eigenvalue weighted by Gasteiger charge is -2.06. The van der Waals surface area contributed by atoms with E-state index in [1.807, 2.05) is 0 Å². The SMILES string of the molecule is CCCCCCCCOC(=O)CCC(=O)OCCCCCCCCS(=O)(=O)O. The summed E-state index contributed by atoms with van der Waals surface area (Å²) in [5.41, 5.74) is 0. The molecule has 0 aromatic carbocycles. The van der Waals surface area contributed by atoms with Crippen molar-refractivity contribution in [3.63, 3.8) is 0 Å². The third-order valence-corrected chi connectivity index (χ3v) is 5.16. The van der Waals surface area contributed by atoms with E-state index < -0.39 is 10.1 Å². The van der Waals surface area contributed by atoms with Crippen LogP contribution in [0.2, 0.25) is 0 Å². The average Bonchev–Trinajstić information content (AvgIpc) is 2.63. The Morgan fingerprint density at radius 2 is 1.07 bits per heavy atom. The lowest BCUT2D eigenvalue weighted by Crippen LogP contribution is -2.11. The first-order chi connectivity index (χ1) is 13.3. The normalized spacial score (nSPS) is 11.4. The van der Waals surface area contributed by atoms with E-state index in [1.54, 1.807) is 0 Å². The van der Waals surface area contributed by atoms with Crippen LogP contribution in [0, 0.1) is 0 Å². The molecule has 0 fully saturated rings. The van der Waals surface area contributed by atoms with Crippen molar-refractivity contribution in [2.24, 2.45) is 0 Å². The molecule has 0 aliphatic heterocycles. The third kappa shape index (κ3) is 21.2. The zero-order valence-electron chi connectivity index (χ0n) is 17.3. The molecule has 0 heterocycles. The molecule has 0 aromatic rings. The Labute approximate surface area is 170 Å². The molecular formula is C20H38O7S. The fourth-order valence-corrected chi connectivity index (χ4v) is 3.27. The summed E-state index contributed by atoms with van der Waals surface area (Å²) in [7, 11) is -3.85. The maximum Gasteiger partial charge on any atom is 0.306 e. The second kappa shape index (κ2) is 17.9. The lowest BCUT2D eigenvalue weighted by atomic mass is 10.1. The Kier molecular flexibility index (Phi) is 17.2. The number of unbranched alkanes of at least 4 members (excludes halogenated alkanes) is 10. The highest BCUT2D eigenvalue weighted by molar-refractivity contribution is 7.85. The van der Waals surface area contributed by atoms with Crippen LogP contribution < -0.4 is 0 Å². The Hall–Kier alpha value is -1.15. The molecule has 0 saturated carbocycles. The molecule has 0 atom stereocenters. The molecule has 0 bridgehead atoms. The van der Waals surface area contributed by atoms with Gasteiger partial charge in [-0.1, -0.05) is 64.7 Å². The van der Waals surface area contributed by atoms with Crippen LogP contribution >= 0.6 is 0 Å². The van der Waals surface area contributed by atoms with Crippen molar-refractivity contribution in [2.75, 3.05) is 19.0 Å². The predicted molar refractivity (Wildman–Crippen MR) is 109 cm³/mol. The summed E-state index contributed by atoms with van der Waals surface area (Å²) in [6.45, 7) is 2.92. The van der Waals surface area contributed by atoms with Gasteiger partial charge in [-0.3, -0.25) is 14.1 Å². The monoisotopic (exact) mass is 422 g/mol. The van der Waals surface area contributed by atoms with Crippen molar-refractivity contribution >= 4 is 22.1 Å². The number of hydrogen-bond acceptors (Lipinski definition) is 6. The maximum atomic E-state index is 11.6. The summed E-state index contributed by atoms with van der Waals surface area (Å²) in [6, 6.07) is 0. The van der Waals surface area contributed by atoms with Crippen LogP contribution in [-0.2, 0) is 29.2 Å². The minimum Gasteiger partial charge on any atom is -0.466 e. The van der Waals surface area contributed by atoms with Crippen LogP contribution in [0.1, 0.15) is 96.8 Å². The molecule has 0 rings (SSSR count). The van der Waals surface area contributed by atoms with E-state index >= 15 is 0 Å². The molecule has 166 valence electrons. The molecule has 0 spiro atoms. The van der Waals surface area contributed by atoms with Crippen LogP contribution in [0.4, 0.5) is 0 Å². The van der Waals surface area contributed by atoms with Gasteiger partial charge in [0.2, 0.25) is 0 Å². The fourth-order valence-electron chi connectivity index (χ4n) is 2.70. The van der Waals surface area contributed by atoms with Gasteiger partial charge >= 0.3 is 11.9 Å². The Balaban J connectivity index is 3.39. The first-order valence-electron chi connectivity index (χ1n) is 10.6. The minimum atomic E-state index is -3.85. The van der Waals surface area contributed by atoms with Gasteiger partial charge in [-0.15, -0.1) is 0 Å². The largest absolute Gasteiger partial charge is 0.466 e. The molecule has 28 heavy (non-hydrogen) atoms. The molecule has 0 aromatic heterocycles. The summed E-state index contributed by atoms with van der Waals surface area (Å²) in [6.07, 6.45) is 11.5. The Morgan fingerprint density at radius 1 is 0.679 bits per heavy atom. The molecule has 0 amide bonds. The van der Waals surface area contributed by atoms with Crippen LogP contribution in [0.15, 0.2) is 0 Å². The number of carbonyl (C=O) groups is 2. The zero-order chi connectivity index (χ0) is 21.1. The predicted octanol–water partition coefficient (Wildman–Crippen LogP) is 4.44. The van der Waals surface area contributed by atoms with Crippen LogP contribution in [0.25, 0.3) is 0 Å². The van der Waals surface area contributed by atoms with Crippen molar-refractivity contribution in [3.05, 3.63) is 0 Å². The quantitative estimate of drug-likeness (QED) is 0.186. The lowest BCUT2D eigenvalue weighted by molar-refractivity contribution is -0.150. The molecule has 0 radical (unpaired) electrons. The van der Waals surface area contributed by atoms with Gasteiger partial charge in [0.15, 0.2) is 0 Å². The molecule has 0 aliphatic carbocycles. The topological polar surface area (TPSA) is 107 Å². The second-order valence-electron chi connectivity index (χ2n) is 7.12. The second-order valence-corrected chi connectivity index (χ2v) is 8.69. The average molecular weight is 423 g/mol. The highest BCUT2D eigenvalue weighted by Gasteiger charge is 2.09. The van der Waals surface area contributed by atoms with E-state index in [0.29, 0.717) is 19.6 Å². The third-order valence-electron chi connectivity index (χ3n) is 4.35. The van der Waals surface area contributed by atoms with Crippen molar-refractivity contribution in [3.8, 4) is 0 Å². The number of hydrogen-bond donors (Lipinski definition) is 1. The summed E-state index contributed by atoms with van der Waals surface area (Å²) < 4.78 is 39.9. The number of ether oxygens (including phenoxy) is 2. The summed E-state index contributed by atoms with van der Waals surface area (Å²) >= 11 is 0. The highest BCUT2D eigenvalue weighted by Crippen LogP contribution is 2.08. The number of carbonyl (C=O) groups excluding carboxylic acids is 2. The van der Waals surface area contributed by atoms with Gasteiger partial charge in [-0.25, -0.2) is 0 Å². The van der Waals surface area contributed by atoms with E-state index in [1.165, 1.54) is 25.7 Å². The van der Waals surface area contributed by atoms with Gasteiger partial charge in [0.25, 0.3) is 10.1 Å². The number of rotatable bonds is 19. The van der Waals surface area contributed by atoms with Gasteiger partial charge in [0, 0.05) is 0 Å². The van der Waals surface area contributed by atoms with E-state index in [4.69, 9.17) is 14.0 Å². The summed E-state index contributed by atoms with van der Waals surface area (Å²) in [4.78, 5) is 23.1. The van der Waals surface area contributed by atoms with E-state index in [0.717, 1.165) is 44.9 Å². The van der Waals surface area contributed by atoms with Crippen LogP contribution in [0.3, 0.4) is 0 Å². The van der Waals surface area contributed by atoms with Crippen molar-refractivity contribution < 1.29 is 32.0 Å². The van der Waals surface area contributed by atoms with Crippen LogP contribution in [0.5, 0.6) is 0 Å². The fraction of sp³-hybridized carbons (Fsp3) is 0.900. The van der Waals surface area contributed by atoms with E-state index in [2.05, 4.69) is 6.92 Å². The first-order valence-corrected chi connectivity index (χ1v) is 12.2. The Bertz CT molecular complexity index is 503. The molecule has 8 heteroatoms. The molecule has 0 unspecified atom stereocenters. The minimum absolute atomic E-state index is 0.0466. The van der Waals surface area contributed by atoms with Gasteiger partial charge < -0.3 is 9.47 Å². The number of esters is 2. The van der Waals surface area contributed by atoms with Crippen molar-refractivity contribution in [1.29, 1.82) is 0 Å². The van der Waals surface area contributed by atoms with Gasteiger partial charge in [0.05, 0.1) is 31.8 Å². The highest BCUT2D eigenvalue weighted by atomic mass is 32.2. The summed E-state index contributed by atoms with van der Waals surface area (Å²) in [5, 5.41) is 0. The van der Waals surface area contributed by atoms with Gasteiger partial charge in [0.1, 0.15) is 0 Å². The van der Waals surface area contributed by atoms with Gasteiger partial charge in [-0.05, 0) is 19.3 Å².